The van der Waals surface area contributed by atoms with E-state index in [-0.39, 0.29) is 23.7 Å². The summed E-state index contributed by atoms with van der Waals surface area (Å²) in [5.74, 6) is -3.17. The van der Waals surface area contributed by atoms with E-state index in [1.54, 1.807) is 13.3 Å². The van der Waals surface area contributed by atoms with E-state index in [0.29, 0.717) is 5.84 Å². The molecule has 6 nitrogen and oxygen atoms in total. The Bertz CT molecular complexity index is 1110. The van der Waals surface area contributed by atoms with Crippen LogP contribution in [0.1, 0.15) is 18.1 Å². The maximum atomic E-state index is 13.5. The zero-order chi connectivity index (χ0) is 19.1. The van der Waals surface area contributed by atoms with E-state index < -0.39 is 17.4 Å². The third kappa shape index (κ3) is 2.95. The summed E-state index contributed by atoms with van der Waals surface area (Å²) < 4.78 is 27.0. The molecular formula is C19H14F2N4O2. The lowest BCUT2D eigenvalue weighted by atomic mass is 10.1. The molecule has 2 N–H and O–H groups in total. The van der Waals surface area contributed by atoms with Crippen molar-refractivity contribution >= 4 is 28.9 Å². The summed E-state index contributed by atoms with van der Waals surface area (Å²) in [5.41, 5.74) is 2.63. The quantitative estimate of drug-likeness (QED) is 0.696. The molecule has 0 unspecified atom stereocenters. The summed E-state index contributed by atoms with van der Waals surface area (Å²) in [5, 5.41) is 9.18. The number of amidine groups is 1. The number of phenols is 1. The van der Waals surface area contributed by atoms with Crippen LogP contribution >= 0.6 is 0 Å². The molecule has 0 saturated heterocycles. The smallest absolute Gasteiger partial charge is 0.278 e. The minimum Gasteiger partial charge on any atom is -0.503 e. The monoisotopic (exact) mass is 368 g/mol. The van der Waals surface area contributed by atoms with Crippen molar-refractivity contribution in [2.24, 2.45) is 4.99 Å². The van der Waals surface area contributed by atoms with Gasteiger partial charge < -0.3 is 10.1 Å². The van der Waals surface area contributed by atoms with Crippen LogP contribution in [-0.2, 0) is 11.3 Å². The molecule has 27 heavy (non-hydrogen) atoms. The summed E-state index contributed by atoms with van der Waals surface area (Å²) in [7, 11) is 0. The van der Waals surface area contributed by atoms with E-state index >= 15 is 0 Å². The summed E-state index contributed by atoms with van der Waals surface area (Å²) >= 11 is 0. The molecule has 0 fully saturated rings. The molecule has 8 heteroatoms. The SMILES string of the molecule is CC1=N/C(=C\c2cc(F)c(O)c(F)c2)C(=O)N1Cc1cccc2[nH]cnc12. The van der Waals surface area contributed by atoms with Gasteiger partial charge in [-0.25, -0.2) is 18.8 Å². The molecule has 0 bridgehead atoms. The number of benzene rings is 2. The molecule has 0 saturated carbocycles. The lowest BCUT2D eigenvalue weighted by Crippen LogP contribution is -2.29. The third-order valence-corrected chi connectivity index (χ3v) is 4.34. The number of carbonyl (C=O) groups excluding carboxylic acids is 1. The van der Waals surface area contributed by atoms with Gasteiger partial charge in [0.2, 0.25) is 0 Å². The van der Waals surface area contributed by atoms with Gasteiger partial charge in [0.1, 0.15) is 11.5 Å². The number of carbonyl (C=O) groups is 1. The summed E-state index contributed by atoms with van der Waals surface area (Å²) in [6.45, 7) is 1.95. The summed E-state index contributed by atoms with van der Waals surface area (Å²) in [6, 6.07) is 7.50. The summed E-state index contributed by atoms with van der Waals surface area (Å²) in [4.78, 5) is 25.7. The van der Waals surface area contributed by atoms with Crippen molar-refractivity contribution in [3.8, 4) is 5.75 Å². The number of nitrogens with zero attached hydrogens (tertiary/aromatic N) is 3. The second-order valence-corrected chi connectivity index (χ2v) is 6.13. The minimum absolute atomic E-state index is 0.0613. The van der Waals surface area contributed by atoms with Crippen molar-refractivity contribution < 1.29 is 18.7 Å². The second kappa shape index (κ2) is 6.31. The predicted octanol–water partition coefficient (Wildman–Crippen LogP) is 3.35. The molecular weight excluding hydrogens is 354 g/mol. The third-order valence-electron chi connectivity index (χ3n) is 4.34. The minimum atomic E-state index is -1.10. The number of aromatic amines is 1. The Morgan fingerprint density at radius 2 is 2.00 bits per heavy atom. The fourth-order valence-electron chi connectivity index (χ4n) is 3.00. The number of hydrogen-bond donors (Lipinski definition) is 2. The lowest BCUT2D eigenvalue weighted by Gasteiger charge is -2.16. The Kier molecular flexibility index (Phi) is 3.95. The van der Waals surface area contributed by atoms with E-state index in [2.05, 4.69) is 15.0 Å². The average molecular weight is 368 g/mol. The van der Waals surface area contributed by atoms with E-state index in [0.717, 1.165) is 28.7 Å². The second-order valence-electron chi connectivity index (χ2n) is 6.13. The van der Waals surface area contributed by atoms with Gasteiger partial charge in [-0.3, -0.25) is 9.69 Å². The van der Waals surface area contributed by atoms with Gasteiger partial charge in [0.05, 0.1) is 23.9 Å². The van der Waals surface area contributed by atoms with Gasteiger partial charge in [0.15, 0.2) is 17.4 Å². The van der Waals surface area contributed by atoms with Crippen LogP contribution in [0.3, 0.4) is 0 Å². The average Bonchev–Trinajstić information content (AvgIpc) is 3.21. The van der Waals surface area contributed by atoms with Crippen LogP contribution in [0.2, 0.25) is 0 Å². The standard InChI is InChI=1S/C19H14F2N4O2/c1-10-24-16(7-11-5-13(20)18(26)14(21)6-11)19(27)25(10)8-12-3-2-4-15-17(12)23-9-22-15/h2-7,9,26H,8H2,1H3,(H,22,23)/b16-7-. The van der Waals surface area contributed by atoms with Gasteiger partial charge in [-0.2, -0.15) is 0 Å². The van der Waals surface area contributed by atoms with Gasteiger partial charge in [-0.15, -0.1) is 0 Å². The number of fused-ring (bicyclic) bond motifs is 1. The zero-order valence-electron chi connectivity index (χ0n) is 14.2. The number of amides is 1. The van der Waals surface area contributed by atoms with Crippen molar-refractivity contribution in [1.29, 1.82) is 0 Å². The zero-order valence-corrected chi connectivity index (χ0v) is 14.2. The first-order valence-corrected chi connectivity index (χ1v) is 8.12. The normalized spacial score (nSPS) is 15.8. The van der Waals surface area contributed by atoms with Gasteiger partial charge in [0, 0.05) is 0 Å². The largest absolute Gasteiger partial charge is 0.503 e. The molecule has 0 aliphatic carbocycles. The maximum Gasteiger partial charge on any atom is 0.278 e. The number of aliphatic imine (C=N–C) groups is 1. The number of halogens is 2. The molecule has 1 amide bonds. The number of H-pyrrole nitrogens is 1. The van der Waals surface area contributed by atoms with Gasteiger partial charge >= 0.3 is 0 Å². The van der Waals surface area contributed by atoms with Crippen LogP contribution in [-0.4, -0.2) is 31.7 Å². The van der Waals surface area contributed by atoms with Gasteiger partial charge in [-0.05, 0) is 42.3 Å². The van der Waals surface area contributed by atoms with Crippen molar-refractivity contribution in [1.82, 2.24) is 14.9 Å². The van der Waals surface area contributed by atoms with Crippen LogP contribution in [0.5, 0.6) is 5.75 Å². The Morgan fingerprint density at radius 3 is 2.74 bits per heavy atom. The van der Waals surface area contributed by atoms with Gasteiger partial charge in [-0.1, -0.05) is 12.1 Å². The van der Waals surface area contributed by atoms with E-state index in [1.165, 1.54) is 11.0 Å². The van der Waals surface area contributed by atoms with Crippen molar-refractivity contribution in [2.45, 2.75) is 13.5 Å². The molecule has 4 rings (SSSR count). The maximum absolute atomic E-state index is 13.5. The molecule has 2 aromatic carbocycles. The molecule has 2 heterocycles. The van der Waals surface area contributed by atoms with Gasteiger partial charge in [0.25, 0.3) is 5.91 Å². The highest BCUT2D eigenvalue weighted by atomic mass is 19.1. The predicted molar refractivity (Wildman–Crippen MR) is 95.8 cm³/mol. The highest BCUT2D eigenvalue weighted by Gasteiger charge is 2.28. The molecule has 0 spiro atoms. The van der Waals surface area contributed by atoms with Crippen molar-refractivity contribution in [3.05, 3.63) is 65.1 Å². The number of aromatic nitrogens is 2. The number of para-hydroxylation sites is 1. The molecule has 0 atom stereocenters. The molecule has 1 aliphatic rings. The Balaban J connectivity index is 1.64. The number of aromatic hydroxyl groups is 1. The fraction of sp³-hybridized carbons (Fsp3) is 0.105. The van der Waals surface area contributed by atoms with Crippen molar-refractivity contribution in [3.63, 3.8) is 0 Å². The number of hydrogen-bond acceptors (Lipinski definition) is 4. The van der Waals surface area contributed by atoms with Crippen LogP contribution in [0.4, 0.5) is 8.78 Å². The van der Waals surface area contributed by atoms with Crippen LogP contribution in [0, 0.1) is 11.6 Å². The molecule has 0 radical (unpaired) electrons. The highest BCUT2D eigenvalue weighted by Crippen LogP contribution is 2.26. The number of rotatable bonds is 3. The van der Waals surface area contributed by atoms with Crippen LogP contribution < -0.4 is 0 Å². The Hall–Kier alpha value is -3.55. The van der Waals surface area contributed by atoms with Crippen LogP contribution in [0.15, 0.2) is 47.3 Å². The van der Waals surface area contributed by atoms with E-state index in [9.17, 15) is 18.7 Å². The topological polar surface area (TPSA) is 81.6 Å². The number of nitrogens with one attached hydrogen (secondary N) is 1. The lowest BCUT2D eigenvalue weighted by molar-refractivity contribution is -0.123. The fourth-order valence-corrected chi connectivity index (χ4v) is 3.00. The Labute approximate surface area is 152 Å². The number of imidazole rings is 1. The van der Waals surface area contributed by atoms with E-state index in [4.69, 9.17) is 0 Å². The van der Waals surface area contributed by atoms with E-state index in [1.807, 2.05) is 18.2 Å². The molecule has 1 aliphatic heterocycles. The highest BCUT2D eigenvalue weighted by molar-refractivity contribution is 6.13. The first-order chi connectivity index (χ1) is 12.9. The number of phenolic OH excluding ortho intramolecular Hbond substituents is 1. The van der Waals surface area contributed by atoms with Crippen LogP contribution in [0.25, 0.3) is 17.1 Å². The summed E-state index contributed by atoms with van der Waals surface area (Å²) in [6.07, 6.45) is 2.87. The Morgan fingerprint density at radius 1 is 1.26 bits per heavy atom. The molecule has 3 aromatic rings. The molecule has 136 valence electrons. The first kappa shape index (κ1) is 16.9. The molecule has 1 aromatic heterocycles. The van der Waals surface area contributed by atoms with Crippen molar-refractivity contribution in [2.75, 3.05) is 0 Å². The first-order valence-electron chi connectivity index (χ1n) is 8.12.